The van der Waals surface area contributed by atoms with Gasteiger partial charge >= 0.3 is 5.97 Å². The molecule has 1 aromatic rings. The molecule has 1 aromatic carbocycles. The summed E-state index contributed by atoms with van der Waals surface area (Å²) in [6, 6.07) is 6.31. The number of amides is 1. The lowest BCUT2D eigenvalue weighted by atomic mass is 9.96. The SMILES string of the molecule is COc1ccc([C@@H]2C[C@H](C(=O)O)NC2=O)cc1. The second-order valence-corrected chi connectivity index (χ2v) is 3.96. The van der Waals surface area contributed by atoms with Gasteiger partial charge in [-0.2, -0.15) is 0 Å². The molecule has 0 spiro atoms. The van der Waals surface area contributed by atoms with Gasteiger partial charge in [0.1, 0.15) is 11.8 Å². The Labute approximate surface area is 98.4 Å². The Morgan fingerprint density at radius 2 is 2.06 bits per heavy atom. The van der Waals surface area contributed by atoms with Crippen LogP contribution in [0.5, 0.6) is 5.75 Å². The zero-order valence-corrected chi connectivity index (χ0v) is 9.34. The van der Waals surface area contributed by atoms with Gasteiger partial charge in [0.25, 0.3) is 0 Å². The number of hydrogen-bond donors (Lipinski definition) is 2. The molecule has 0 aliphatic carbocycles. The lowest BCUT2D eigenvalue weighted by Crippen LogP contribution is -2.32. The number of carbonyl (C=O) groups excluding carboxylic acids is 1. The van der Waals surface area contributed by atoms with Crippen molar-refractivity contribution in [3.05, 3.63) is 29.8 Å². The number of methoxy groups -OCH3 is 1. The van der Waals surface area contributed by atoms with Crippen LogP contribution < -0.4 is 10.1 Å². The minimum atomic E-state index is -0.991. The first kappa shape index (κ1) is 11.4. The summed E-state index contributed by atoms with van der Waals surface area (Å²) in [7, 11) is 1.57. The van der Waals surface area contributed by atoms with Crippen molar-refractivity contribution in [3.8, 4) is 5.75 Å². The largest absolute Gasteiger partial charge is 0.497 e. The maximum Gasteiger partial charge on any atom is 0.326 e. The Hall–Kier alpha value is -2.04. The standard InChI is InChI=1S/C12H13NO4/c1-17-8-4-2-7(3-5-8)9-6-10(12(15)16)13-11(9)14/h2-5,9-10H,6H2,1H3,(H,13,14)(H,15,16)/t9-,10+/m0/s1. The van der Waals surface area contributed by atoms with Crippen molar-refractivity contribution in [1.82, 2.24) is 5.32 Å². The van der Waals surface area contributed by atoms with Gasteiger partial charge in [-0.15, -0.1) is 0 Å². The first-order valence-electron chi connectivity index (χ1n) is 5.29. The van der Waals surface area contributed by atoms with E-state index in [2.05, 4.69) is 5.32 Å². The summed E-state index contributed by atoms with van der Waals surface area (Å²) in [5.74, 6) is -0.902. The van der Waals surface area contributed by atoms with Crippen LogP contribution in [-0.2, 0) is 9.59 Å². The van der Waals surface area contributed by atoms with E-state index in [1.807, 2.05) is 0 Å². The van der Waals surface area contributed by atoms with Gasteiger partial charge in [-0.25, -0.2) is 4.79 Å². The average Bonchev–Trinajstić information content (AvgIpc) is 2.72. The zero-order chi connectivity index (χ0) is 12.4. The fraction of sp³-hybridized carbons (Fsp3) is 0.333. The van der Waals surface area contributed by atoms with Gasteiger partial charge < -0.3 is 15.2 Å². The number of carboxylic acids is 1. The highest BCUT2D eigenvalue weighted by Crippen LogP contribution is 2.28. The van der Waals surface area contributed by atoms with Crippen LogP contribution in [0.25, 0.3) is 0 Å². The van der Waals surface area contributed by atoms with Crippen LogP contribution in [0.4, 0.5) is 0 Å². The van der Waals surface area contributed by atoms with E-state index in [1.54, 1.807) is 31.4 Å². The third-order valence-electron chi connectivity index (χ3n) is 2.92. The molecule has 1 fully saturated rings. The summed E-state index contributed by atoms with van der Waals surface area (Å²) in [5, 5.41) is 11.3. The molecule has 0 aromatic heterocycles. The molecule has 1 saturated heterocycles. The molecule has 1 heterocycles. The van der Waals surface area contributed by atoms with Crippen molar-refractivity contribution < 1.29 is 19.4 Å². The molecule has 0 unspecified atom stereocenters. The van der Waals surface area contributed by atoms with Gasteiger partial charge in [0.15, 0.2) is 0 Å². The van der Waals surface area contributed by atoms with Crippen molar-refractivity contribution in [2.75, 3.05) is 7.11 Å². The van der Waals surface area contributed by atoms with Crippen LogP contribution in [0.3, 0.4) is 0 Å². The number of ether oxygens (including phenoxy) is 1. The lowest BCUT2D eigenvalue weighted by molar-refractivity contribution is -0.140. The van der Waals surface area contributed by atoms with Gasteiger partial charge in [0.05, 0.1) is 13.0 Å². The second kappa shape index (κ2) is 4.45. The summed E-state index contributed by atoms with van der Waals surface area (Å²) in [5.41, 5.74) is 0.812. The zero-order valence-electron chi connectivity index (χ0n) is 9.34. The molecule has 90 valence electrons. The second-order valence-electron chi connectivity index (χ2n) is 3.96. The van der Waals surface area contributed by atoms with E-state index >= 15 is 0 Å². The van der Waals surface area contributed by atoms with Crippen LogP contribution in [0.15, 0.2) is 24.3 Å². The molecule has 5 nitrogen and oxygen atoms in total. The molecule has 1 aliphatic rings. The number of aliphatic carboxylic acids is 1. The highest BCUT2D eigenvalue weighted by atomic mass is 16.5. The Morgan fingerprint density at radius 3 is 2.53 bits per heavy atom. The summed E-state index contributed by atoms with van der Waals surface area (Å²) in [6.07, 6.45) is 0.292. The summed E-state index contributed by atoms with van der Waals surface area (Å²) < 4.78 is 5.02. The summed E-state index contributed by atoms with van der Waals surface area (Å²) in [6.45, 7) is 0. The Bertz CT molecular complexity index is 440. The molecule has 0 bridgehead atoms. The van der Waals surface area contributed by atoms with Crippen molar-refractivity contribution in [1.29, 1.82) is 0 Å². The molecule has 0 saturated carbocycles. The number of rotatable bonds is 3. The number of hydrogen-bond acceptors (Lipinski definition) is 3. The van der Waals surface area contributed by atoms with Crippen LogP contribution in [0, 0.1) is 0 Å². The highest BCUT2D eigenvalue weighted by Gasteiger charge is 2.36. The normalized spacial score (nSPS) is 23.2. The first-order chi connectivity index (χ1) is 8.11. The maximum absolute atomic E-state index is 11.6. The number of carbonyl (C=O) groups is 2. The van der Waals surface area contributed by atoms with Gasteiger partial charge in [0, 0.05) is 0 Å². The predicted octanol–water partition coefficient (Wildman–Crippen LogP) is 0.752. The summed E-state index contributed by atoms with van der Waals surface area (Å²) in [4.78, 5) is 22.4. The maximum atomic E-state index is 11.6. The molecule has 2 N–H and O–H groups in total. The van der Waals surface area contributed by atoms with E-state index in [4.69, 9.17) is 9.84 Å². The molecular formula is C12H13NO4. The first-order valence-corrected chi connectivity index (χ1v) is 5.29. The fourth-order valence-corrected chi connectivity index (χ4v) is 1.96. The van der Waals surface area contributed by atoms with Gasteiger partial charge in [-0.1, -0.05) is 12.1 Å². The van der Waals surface area contributed by atoms with Crippen LogP contribution in [-0.4, -0.2) is 30.1 Å². The van der Waals surface area contributed by atoms with Gasteiger partial charge in [-0.05, 0) is 24.1 Å². The lowest BCUT2D eigenvalue weighted by Gasteiger charge is -2.07. The minimum absolute atomic E-state index is 0.234. The van der Waals surface area contributed by atoms with Crippen molar-refractivity contribution >= 4 is 11.9 Å². The van der Waals surface area contributed by atoms with Gasteiger partial charge in [-0.3, -0.25) is 4.79 Å². The van der Waals surface area contributed by atoms with Crippen LogP contribution in [0.2, 0.25) is 0 Å². The molecule has 0 radical (unpaired) electrons. The molecule has 17 heavy (non-hydrogen) atoms. The Balaban J connectivity index is 2.17. The monoisotopic (exact) mass is 235 g/mol. The smallest absolute Gasteiger partial charge is 0.326 e. The molecular weight excluding hydrogens is 222 g/mol. The number of nitrogens with one attached hydrogen (secondary N) is 1. The molecule has 1 aliphatic heterocycles. The molecule has 5 heteroatoms. The number of benzene rings is 1. The Morgan fingerprint density at radius 1 is 1.41 bits per heavy atom. The van der Waals surface area contributed by atoms with Crippen LogP contribution >= 0.6 is 0 Å². The van der Waals surface area contributed by atoms with E-state index in [0.29, 0.717) is 12.2 Å². The van der Waals surface area contributed by atoms with E-state index in [9.17, 15) is 9.59 Å². The Kier molecular flexibility index (Phi) is 2.99. The third kappa shape index (κ3) is 2.22. The molecule has 2 rings (SSSR count). The van der Waals surface area contributed by atoms with E-state index in [-0.39, 0.29) is 11.8 Å². The van der Waals surface area contributed by atoms with Gasteiger partial charge in [0.2, 0.25) is 5.91 Å². The quantitative estimate of drug-likeness (QED) is 0.810. The van der Waals surface area contributed by atoms with E-state index < -0.39 is 12.0 Å². The highest BCUT2D eigenvalue weighted by molar-refractivity contribution is 5.92. The topological polar surface area (TPSA) is 75.6 Å². The third-order valence-corrected chi connectivity index (χ3v) is 2.92. The summed E-state index contributed by atoms with van der Waals surface area (Å²) >= 11 is 0. The van der Waals surface area contributed by atoms with E-state index in [1.165, 1.54) is 0 Å². The fourth-order valence-electron chi connectivity index (χ4n) is 1.96. The van der Waals surface area contributed by atoms with Crippen molar-refractivity contribution in [2.45, 2.75) is 18.4 Å². The van der Waals surface area contributed by atoms with E-state index in [0.717, 1.165) is 5.56 Å². The predicted molar refractivity (Wildman–Crippen MR) is 59.9 cm³/mol. The van der Waals surface area contributed by atoms with Crippen LogP contribution in [0.1, 0.15) is 17.9 Å². The minimum Gasteiger partial charge on any atom is -0.497 e. The molecule has 2 atom stereocenters. The number of carboxylic acid groups (broad SMARTS) is 1. The van der Waals surface area contributed by atoms with Crippen molar-refractivity contribution in [2.24, 2.45) is 0 Å². The van der Waals surface area contributed by atoms with Crippen molar-refractivity contribution in [3.63, 3.8) is 0 Å². The average molecular weight is 235 g/mol. The molecule has 1 amide bonds.